The van der Waals surface area contributed by atoms with E-state index in [4.69, 9.17) is 0 Å². The van der Waals surface area contributed by atoms with E-state index in [1.807, 2.05) is 24.3 Å². The van der Waals surface area contributed by atoms with Crippen molar-refractivity contribution in [2.24, 2.45) is 0 Å². The molecule has 2 rings (SSSR count). The van der Waals surface area contributed by atoms with Gasteiger partial charge >= 0.3 is 0 Å². The molecule has 100 valence electrons. The first kappa shape index (κ1) is 14.3. The van der Waals surface area contributed by atoms with Gasteiger partial charge in [-0.2, -0.15) is 0 Å². The van der Waals surface area contributed by atoms with Gasteiger partial charge in [-0.25, -0.2) is 0 Å². The van der Waals surface area contributed by atoms with Gasteiger partial charge in [0.05, 0.1) is 6.10 Å². The molecule has 1 N–H and O–H groups in total. The van der Waals surface area contributed by atoms with E-state index in [0.717, 1.165) is 22.9 Å². The third-order valence-electron chi connectivity index (χ3n) is 3.43. The van der Waals surface area contributed by atoms with E-state index in [1.54, 1.807) is 0 Å². The molecule has 1 nitrogen and oxygen atoms in total. The number of halogens is 1. The molecule has 0 fully saturated rings. The molecule has 0 heterocycles. The predicted molar refractivity (Wildman–Crippen MR) is 83.3 cm³/mol. The van der Waals surface area contributed by atoms with E-state index in [9.17, 15) is 5.11 Å². The maximum absolute atomic E-state index is 10.3. The normalized spacial score (nSPS) is 12.4. The fraction of sp³-hybridized carbons (Fsp3) is 0.294. The Balaban J connectivity index is 2.05. The summed E-state index contributed by atoms with van der Waals surface area (Å²) >= 11 is 3.55. The molecule has 2 heteroatoms. The number of aliphatic hydroxyl groups excluding tert-OH is 1. The van der Waals surface area contributed by atoms with Crippen molar-refractivity contribution in [2.75, 3.05) is 0 Å². The van der Waals surface area contributed by atoms with Gasteiger partial charge in [-0.15, -0.1) is 0 Å². The summed E-state index contributed by atoms with van der Waals surface area (Å²) < 4.78 is 1.11. The van der Waals surface area contributed by atoms with Gasteiger partial charge in [0.15, 0.2) is 0 Å². The zero-order valence-electron chi connectivity index (χ0n) is 11.4. The third-order valence-corrected chi connectivity index (χ3v) is 4.20. The maximum atomic E-state index is 10.3. The molecule has 0 aliphatic rings. The topological polar surface area (TPSA) is 20.2 Å². The zero-order valence-corrected chi connectivity index (χ0v) is 12.9. The van der Waals surface area contributed by atoms with Crippen LogP contribution in [-0.4, -0.2) is 5.11 Å². The van der Waals surface area contributed by atoms with Gasteiger partial charge in [0.2, 0.25) is 0 Å². The van der Waals surface area contributed by atoms with Crippen LogP contribution in [0.5, 0.6) is 0 Å². The average molecular weight is 319 g/mol. The smallest absolute Gasteiger partial charge is 0.0795 e. The summed E-state index contributed by atoms with van der Waals surface area (Å²) in [5, 5.41) is 10.3. The van der Waals surface area contributed by atoms with E-state index in [1.165, 1.54) is 16.7 Å². The highest BCUT2D eigenvalue weighted by Gasteiger charge is 2.11. The van der Waals surface area contributed by atoms with Crippen LogP contribution in [0.1, 0.15) is 34.8 Å². The Hall–Kier alpha value is -1.12. The largest absolute Gasteiger partial charge is 0.388 e. The Morgan fingerprint density at radius 3 is 2.53 bits per heavy atom. The second kappa shape index (κ2) is 6.36. The molecule has 0 unspecified atom stereocenters. The molecular weight excluding hydrogens is 300 g/mol. The van der Waals surface area contributed by atoms with Crippen molar-refractivity contribution in [1.29, 1.82) is 0 Å². The average Bonchev–Trinajstić information content (AvgIpc) is 2.37. The van der Waals surface area contributed by atoms with Crippen molar-refractivity contribution < 1.29 is 5.11 Å². The molecule has 0 spiro atoms. The second-order valence-electron chi connectivity index (χ2n) is 5.01. The van der Waals surface area contributed by atoms with Crippen LogP contribution in [0, 0.1) is 13.8 Å². The van der Waals surface area contributed by atoms with Crippen LogP contribution in [0.15, 0.2) is 46.9 Å². The monoisotopic (exact) mass is 318 g/mol. The van der Waals surface area contributed by atoms with E-state index < -0.39 is 6.10 Å². The van der Waals surface area contributed by atoms with Crippen molar-refractivity contribution in [3.63, 3.8) is 0 Å². The Labute approximate surface area is 123 Å². The van der Waals surface area contributed by atoms with Crippen LogP contribution >= 0.6 is 15.9 Å². The molecule has 2 aromatic rings. The number of aryl methyl sites for hydroxylation is 3. The summed E-state index contributed by atoms with van der Waals surface area (Å²) in [5.74, 6) is 0. The van der Waals surface area contributed by atoms with Crippen molar-refractivity contribution >= 4 is 15.9 Å². The highest BCUT2D eigenvalue weighted by Crippen LogP contribution is 2.25. The van der Waals surface area contributed by atoms with E-state index in [-0.39, 0.29) is 0 Å². The van der Waals surface area contributed by atoms with Crippen LogP contribution in [0.4, 0.5) is 0 Å². The lowest BCUT2D eigenvalue weighted by atomic mass is 9.96. The summed E-state index contributed by atoms with van der Waals surface area (Å²) in [6.07, 6.45) is 1.22. The molecule has 0 radical (unpaired) electrons. The lowest BCUT2D eigenvalue weighted by Gasteiger charge is -2.14. The van der Waals surface area contributed by atoms with Gasteiger partial charge in [0, 0.05) is 4.47 Å². The van der Waals surface area contributed by atoms with Crippen molar-refractivity contribution in [1.82, 2.24) is 0 Å². The van der Waals surface area contributed by atoms with Gasteiger partial charge in [-0.3, -0.25) is 0 Å². The van der Waals surface area contributed by atoms with Gasteiger partial charge in [0.1, 0.15) is 0 Å². The minimum atomic E-state index is -0.396. The number of benzene rings is 2. The Kier molecular flexibility index (Phi) is 4.78. The van der Waals surface area contributed by atoms with Crippen molar-refractivity contribution in [3.05, 3.63) is 69.2 Å². The van der Waals surface area contributed by atoms with E-state index in [0.29, 0.717) is 0 Å². The highest BCUT2D eigenvalue weighted by atomic mass is 79.9. The number of rotatable bonds is 4. The van der Waals surface area contributed by atoms with Crippen LogP contribution < -0.4 is 0 Å². The second-order valence-corrected chi connectivity index (χ2v) is 5.86. The molecule has 0 bridgehead atoms. The van der Waals surface area contributed by atoms with E-state index in [2.05, 4.69) is 48.0 Å². The quantitative estimate of drug-likeness (QED) is 0.863. The van der Waals surface area contributed by atoms with Crippen LogP contribution in [0.2, 0.25) is 0 Å². The highest BCUT2D eigenvalue weighted by molar-refractivity contribution is 9.10. The maximum Gasteiger partial charge on any atom is 0.0795 e. The van der Waals surface area contributed by atoms with Crippen LogP contribution in [0.3, 0.4) is 0 Å². The molecule has 19 heavy (non-hydrogen) atoms. The SMILES string of the molecule is Cc1ccc([C@@H](O)CCc2ccccc2Br)c(C)c1. The lowest BCUT2D eigenvalue weighted by molar-refractivity contribution is 0.167. The minimum Gasteiger partial charge on any atom is -0.388 e. The van der Waals surface area contributed by atoms with E-state index >= 15 is 0 Å². The van der Waals surface area contributed by atoms with Crippen LogP contribution in [0.25, 0.3) is 0 Å². The standard InChI is InChI=1S/C17H19BrO/c1-12-7-9-15(13(2)11-12)17(19)10-8-14-5-3-4-6-16(14)18/h3-7,9,11,17,19H,8,10H2,1-2H3/t17-/m0/s1. The Morgan fingerprint density at radius 1 is 1.11 bits per heavy atom. The number of hydrogen-bond donors (Lipinski definition) is 1. The van der Waals surface area contributed by atoms with Gasteiger partial charge in [0.25, 0.3) is 0 Å². The summed E-state index contributed by atoms with van der Waals surface area (Å²) in [7, 11) is 0. The number of hydrogen-bond acceptors (Lipinski definition) is 1. The molecule has 0 saturated heterocycles. The zero-order chi connectivity index (χ0) is 13.8. The van der Waals surface area contributed by atoms with Crippen molar-refractivity contribution in [3.8, 4) is 0 Å². The molecule has 2 aromatic carbocycles. The fourth-order valence-corrected chi connectivity index (χ4v) is 2.83. The van der Waals surface area contributed by atoms with Gasteiger partial charge < -0.3 is 5.11 Å². The summed E-state index contributed by atoms with van der Waals surface area (Å²) in [5.41, 5.74) is 4.68. The molecule has 0 aromatic heterocycles. The Morgan fingerprint density at radius 2 is 1.84 bits per heavy atom. The first-order valence-corrected chi connectivity index (χ1v) is 7.36. The molecular formula is C17H19BrO. The van der Waals surface area contributed by atoms with Crippen LogP contribution in [-0.2, 0) is 6.42 Å². The van der Waals surface area contributed by atoms with Crippen molar-refractivity contribution in [2.45, 2.75) is 32.8 Å². The summed E-state index contributed by atoms with van der Waals surface area (Å²) in [6.45, 7) is 4.13. The lowest BCUT2D eigenvalue weighted by Crippen LogP contribution is -2.02. The summed E-state index contributed by atoms with van der Waals surface area (Å²) in [4.78, 5) is 0. The molecule has 0 saturated carbocycles. The fourth-order valence-electron chi connectivity index (χ4n) is 2.35. The summed E-state index contributed by atoms with van der Waals surface area (Å²) in [6, 6.07) is 14.4. The number of aliphatic hydroxyl groups is 1. The molecule has 0 aliphatic heterocycles. The minimum absolute atomic E-state index is 0.396. The Bertz CT molecular complexity index is 563. The molecule has 1 atom stereocenters. The molecule has 0 amide bonds. The molecule has 0 aliphatic carbocycles. The van der Waals surface area contributed by atoms with Gasteiger partial charge in [-0.1, -0.05) is 57.9 Å². The van der Waals surface area contributed by atoms with Gasteiger partial charge in [-0.05, 0) is 49.4 Å². The first-order valence-electron chi connectivity index (χ1n) is 6.56. The third kappa shape index (κ3) is 3.68. The first-order chi connectivity index (χ1) is 9.08. The predicted octanol–water partition coefficient (Wildman–Crippen LogP) is 4.73.